The predicted molar refractivity (Wildman–Crippen MR) is 92.4 cm³/mol. The summed E-state index contributed by atoms with van der Waals surface area (Å²) in [5.74, 6) is 0.0496. The highest BCUT2D eigenvalue weighted by molar-refractivity contribution is 5.73. The van der Waals surface area contributed by atoms with Gasteiger partial charge in [-0.3, -0.25) is 4.57 Å². The SMILES string of the molecule is Cc1cc(C)n(CCNC(=O)NC[C@H](O)c2cccc(O)c2)c(=O)n1. The molecule has 1 heterocycles. The van der Waals surface area contributed by atoms with Crippen LogP contribution in [-0.4, -0.2) is 38.9 Å². The molecule has 0 bridgehead atoms. The number of benzene rings is 1. The van der Waals surface area contributed by atoms with Crippen molar-refractivity contribution in [2.75, 3.05) is 13.1 Å². The molecule has 1 aromatic carbocycles. The number of hydrogen-bond acceptors (Lipinski definition) is 5. The molecule has 1 aromatic heterocycles. The number of rotatable bonds is 6. The van der Waals surface area contributed by atoms with Gasteiger partial charge in [0.2, 0.25) is 0 Å². The Morgan fingerprint density at radius 1 is 1.28 bits per heavy atom. The van der Waals surface area contributed by atoms with E-state index in [1.54, 1.807) is 25.1 Å². The Kier molecular flexibility index (Phi) is 6.13. The molecule has 0 unspecified atom stereocenters. The zero-order valence-corrected chi connectivity index (χ0v) is 14.2. The van der Waals surface area contributed by atoms with Gasteiger partial charge in [-0.25, -0.2) is 9.59 Å². The number of nitrogens with zero attached hydrogens (tertiary/aromatic N) is 2. The van der Waals surface area contributed by atoms with E-state index in [2.05, 4.69) is 15.6 Å². The van der Waals surface area contributed by atoms with Gasteiger partial charge in [-0.1, -0.05) is 12.1 Å². The number of hydrogen-bond donors (Lipinski definition) is 4. The zero-order chi connectivity index (χ0) is 18.4. The molecule has 0 aliphatic heterocycles. The number of urea groups is 1. The minimum atomic E-state index is -0.927. The van der Waals surface area contributed by atoms with Crippen molar-refractivity contribution in [2.24, 2.45) is 0 Å². The summed E-state index contributed by atoms with van der Waals surface area (Å²) in [5, 5.41) is 24.5. The Labute approximate surface area is 145 Å². The third-order valence-electron chi connectivity index (χ3n) is 3.68. The largest absolute Gasteiger partial charge is 0.508 e. The maximum Gasteiger partial charge on any atom is 0.348 e. The molecule has 2 rings (SSSR count). The van der Waals surface area contributed by atoms with Crippen LogP contribution in [0.1, 0.15) is 23.1 Å². The average Bonchev–Trinajstić information content (AvgIpc) is 2.55. The Balaban J connectivity index is 1.79. The van der Waals surface area contributed by atoms with E-state index >= 15 is 0 Å². The number of aliphatic hydroxyl groups excluding tert-OH is 1. The fraction of sp³-hybridized carbons (Fsp3) is 0.353. The first kappa shape index (κ1) is 18.5. The van der Waals surface area contributed by atoms with E-state index in [-0.39, 0.29) is 24.5 Å². The molecule has 0 saturated heterocycles. The van der Waals surface area contributed by atoms with Crippen LogP contribution < -0.4 is 16.3 Å². The van der Waals surface area contributed by atoms with Gasteiger partial charge in [-0.2, -0.15) is 4.98 Å². The molecule has 1 atom stereocenters. The second-order valence-corrected chi connectivity index (χ2v) is 5.72. The van der Waals surface area contributed by atoms with Gasteiger partial charge in [0, 0.05) is 31.0 Å². The summed E-state index contributed by atoms with van der Waals surface area (Å²) < 4.78 is 1.48. The van der Waals surface area contributed by atoms with Crippen molar-refractivity contribution >= 4 is 6.03 Å². The van der Waals surface area contributed by atoms with E-state index in [0.717, 1.165) is 5.69 Å². The Morgan fingerprint density at radius 3 is 2.72 bits per heavy atom. The van der Waals surface area contributed by atoms with Crippen molar-refractivity contribution in [3.63, 3.8) is 0 Å². The minimum Gasteiger partial charge on any atom is -0.508 e. The van der Waals surface area contributed by atoms with E-state index in [0.29, 0.717) is 17.8 Å². The second kappa shape index (κ2) is 8.29. The molecule has 134 valence electrons. The van der Waals surface area contributed by atoms with E-state index in [1.807, 2.05) is 6.92 Å². The zero-order valence-electron chi connectivity index (χ0n) is 14.2. The number of carbonyl (C=O) groups excluding carboxylic acids is 1. The number of aromatic nitrogens is 2. The van der Waals surface area contributed by atoms with Crippen molar-refractivity contribution in [1.82, 2.24) is 20.2 Å². The first-order valence-electron chi connectivity index (χ1n) is 7.90. The van der Waals surface area contributed by atoms with Crippen LogP contribution in [0.5, 0.6) is 5.75 Å². The van der Waals surface area contributed by atoms with Crippen LogP contribution in [0.4, 0.5) is 4.79 Å². The summed E-state index contributed by atoms with van der Waals surface area (Å²) in [4.78, 5) is 27.4. The fourth-order valence-electron chi connectivity index (χ4n) is 2.43. The molecule has 2 aromatic rings. The molecule has 0 aliphatic rings. The van der Waals surface area contributed by atoms with Crippen molar-refractivity contribution in [3.05, 3.63) is 57.8 Å². The van der Waals surface area contributed by atoms with Crippen LogP contribution in [-0.2, 0) is 6.54 Å². The maximum atomic E-state index is 11.8. The third-order valence-corrected chi connectivity index (χ3v) is 3.68. The van der Waals surface area contributed by atoms with Crippen LogP contribution in [0.15, 0.2) is 35.1 Å². The normalized spacial score (nSPS) is 11.8. The van der Waals surface area contributed by atoms with Gasteiger partial charge in [0.25, 0.3) is 0 Å². The molecule has 0 aliphatic carbocycles. The monoisotopic (exact) mass is 346 g/mol. The van der Waals surface area contributed by atoms with Gasteiger partial charge in [0.15, 0.2) is 0 Å². The second-order valence-electron chi connectivity index (χ2n) is 5.72. The lowest BCUT2D eigenvalue weighted by Gasteiger charge is -2.14. The number of phenols is 1. The molecule has 2 amide bonds. The molecular formula is C17H22N4O4. The van der Waals surface area contributed by atoms with Crippen molar-refractivity contribution in [3.8, 4) is 5.75 Å². The van der Waals surface area contributed by atoms with Gasteiger partial charge >= 0.3 is 11.7 Å². The van der Waals surface area contributed by atoms with Crippen LogP contribution in [0.25, 0.3) is 0 Å². The maximum absolute atomic E-state index is 11.8. The summed E-state index contributed by atoms with van der Waals surface area (Å²) in [7, 11) is 0. The summed E-state index contributed by atoms with van der Waals surface area (Å²) >= 11 is 0. The Hall–Kier alpha value is -2.87. The molecule has 4 N–H and O–H groups in total. The highest BCUT2D eigenvalue weighted by Crippen LogP contribution is 2.17. The summed E-state index contributed by atoms with van der Waals surface area (Å²) in [6.07, 6.45) is -0.927. The topological polar surface area (TPSA) is 116 Å². The lowest BCUT2D eigenvalue weighted by Crippen LogP contribution is -2.40. The van der Waals surface area contributed by atoms with Crippen LogP contribution in [0.2, 0.25) is 0 Å². The number of carbonyl (C=O) groups is 1. The molecule has 0 saturated carbocycles. The number of phenolic OH excluding ortho intramolecular Hbond substituents is 1. The van der Waals surface area contributed by atoms with E-state index < -0.39 is 12.1 Å². The standard InChI is InChI=1S/C17H22N4O4/c1-11-8-12(2)21(17(25)20-11)7-6-18-16(24)19-10-15(23)13-4-3-5-14(22)9-13/h3-5,8-9,15,22-23H,6-7,10H2,1-2H3,(H2,18,19,24)/t15-/m0/s1. The quantitative estimate of drug-likeness (QED) is 0.611. The number of aliphatic hydroxyl groups is 1. The smallest absolute Gasteiger partial charge is 0.348 e. The van der Waals surface area contributed by atoms with Crippen molar-refractivity contribution in [1.29, 1.82) is 0 Å². The average molecular weight is 346 g/mol. The van der Waals surface area contributed by atoms with Crippen LogP contribution in [0, 0.1) is 13.8 Å². The Bertz CT molecular complexity index is 803. The molecule has 8 nitrogen and oxygen atoms in total. The van der Waals surface area contributed by atoms with Gasteiger partial charge in [-0.15, -0.1) is 0 Å². The summed E-state index contributed by atoms with van der Waals surface area (Å²) in [6, 6.07) is 7.55. The van der Waals surface area contributed by atoms with Gasteiger partial charge in [0.05, 0.1) is 6.10 Å². The molecule has 8 heteroatoms. The lowest BCUT2D eigenvalue weighted by atomic mass is 10.1. The van der Waals surface area contributed by atoms with E-state index in [9.17, 15) is 19.8 Å². The summed E-state index contributed by atoms with van der Waals surface area (Å²) in [5.41, 5.74) is 1.59. The van der Waals surface area contributed by atoms with Gasteiger partial charge < -0.3 is 20.8 Å². The number of aryl methyl sites for hydroxylation is 2. The molecule has 25 heavy (non-hydrogen) atoms. The van der Waals surface area contributed by atoms with E-state index in [1.165, 1.54) is 16.7 Å². The third kappa shape index (κ3) is 5.32. The number of nitrogens with one attached hydrogen (secondary N) is 2. The van der Waals surface area contributed by atoms with Gasteiger partial charge in [0.1, 0.15) is 5.75 Å². The molecule has 0 spiro atoms. The van der Waals surface area contributed by atoms with Crippen molar-refractivity contribution < 1.29 is 15.0 Å². The fourth-order valence-corrected chi connectivity index (χ4v) is 2.43. The number of aromatic hydroxyl groups is 1. The lowest BCUT2D eigenvalue weighted by molar-refractivity contribution is 0.173. The minimum absolute atomic E-state index is 0.000347. The summed E-state index contributed by atoms with van der Waals surface area (Å²) in [6.45, 7) is 4.12. The highest BCUT2D eigenvalue weighted by Gasteiger charge is 2.10. The van der Waals surface area contributed by atoms with Crippen molar-refractivity contribution in [2.45, 2.75) is 26.5 Å². The Morgan fingerprint density at radius 2 is 2.04 bits per heavy atom. The molecule has 0 fully saturated rings. The number of amides is 2. The first-order chi connectivity index (χ1) is 11.9. The van der Waals surface area contributed by atoms with E-state index in [4.69, 9.17) is 0 Å². The van der Waals surface area contributed by atoms with Crippen LogP contribution >= 0.6 is 0 Å². The van der Waals surface area contributed by atoms with Gasteiger partial charge in [-0.05, 0) is 37.6 Å². The molecular weight excluding hydrogens is 324 g/mol. The highest BCUT2D eigenvalue weighted by atomic mass is 16.3. The molecule has 0 radical (unpaired) electrons. The predicted octanol–water partition coefficient (Wildman–Crippen LogP) is 0.599. The van der Waals surface area contributed by atoms with Crippen LogP contribution in [0.3, 0.4) is 0 Å². The first-order valence-corrected chi connectivity index (χ1v) is 7.90.